The highest BCUT2D eigenvalue weighted by atomic mass is 16.5. The number of carbonyl (C=O) groups excluding carboxylic acids is 1. The average Bonchev–Trinajstić information content (AvgIpc) is 2.36. The normalized spacial score (nSPS) is 11.6. The highest BCUT2D eigenvalue weighted by molar-refractivity contribution is 5.75. The number of nitrogens with zero attached hydrogens (tertiary/aromatic N) is 1. The number of hydrogen-bond acceptors (Lipinski definition) is 5. The standard InChI is InChI=1S/C12H15N3O3/c13-5-9-1-3-11(4-2-9)18-8-10(16)6-15-7-12(14)17/h1-4,10,15-16H,6-8H2,(H2,14,17). The van der Waals surface area contributed by atoms with Gasteiger partial charge in [-0.25, -0.2) is 0 Å². The Morgan fingerprint density at radius 3 is 2.72 bits per heavy atom. The molecule has 4 N–H and O–H groups in total. The van der Waals surface area contributed by atoms with Crippen LogP contribution in [0.3, 0.4) is 0 Å². The number of hydrogen-bond donors (Lipinski definition) is 3. The molecule has 1 amide bonds. The van der Waals surface area contributed by atoms with Crippen molar-refractivity contribution in [3.05, 3.63) is 29.8 Å². The van der Waals surface area contributed by atoms with E-state index in [4.69, 9.17) is 15.7 Å². The topological polar surface area (TPSA) is 108 Å². The molecule has 1 aromatic rings. The Bertz CT molecular complexity index is 425. The molecule has 0 aromatic heterocycles. The van der Waals surface area contributed by atoms with E-state index in [9.17, 15) is 9.90 Å². The van der Waals surface area contributed by atoms with Crippen LogP contribution in [0.1, 0.15) is 5.56 Å². The highest BCUT2D eigenvalue weighted by Crippen LogP contribution is 2.11. The van der Waals surface area contributed by atoms with Gasteiger partial charge in [0.15, 0.2) is 0 Å². The number of nitriles is 1. The summed E-state index contributed by atoms with van der Waals surface area (Å²) in [5.74, 6) is 0.0955. The summed E-state index contributed by atoms with van der Waals surface area (Å²) in [6, 6.07) is 8.57. The average molecular weight is 249 g/mol. The predicted octanol–water partition coefficient (Wildman–Crippen LogP) is -0.627. The molecule has 1 atom stereocenters. The summed E-state index contributed by atoms with van der Waals surface area (Å²) in [6.45, 7) is 0.338. The summed E-state index contributed by atoms with van der Waals surface area (Å²) in [5.41, 5.74) is 5.48. The zero-order valence-corrected chi connectivity index (χ0v) is 9.80. The summed E-state index contributed by atoms with van der Waals surface area (Å²) in [7, 11) is 0. The van der Waals surface area contributed by atoms with Crippen LogP contribution in [0.25, 0.3) is 0 Å². The zero-order valence-electron chi connectivity index (χ0n) is 9.80. The van der Waals surface area contributed by atoms with Gasteiger partial charge in [0, 0.05) is 6.54 Å². The van der Waals surface area contributed by atoms with Crippen LogP contribution in [-0.4, -0.2) is 36.8 Å². The lowest BCUT2D eigenvalue weighted by Crippen LogP contribution is -2.36. The van der Waals surface area contributed by atoms with Gasteiger partial charge in [-0.2, -0.15) is 5.26 Å². The fourth-order valence-corrected chi connectivity index (χ4v) is 1.24. The van der Waals surface area contributed by atoms with Crippen molar-refractivity contribution >= 4 is 5.91 Å². The number of aliphatic hydroxyl groups is 1. The zero-order chi connectivity index (χ0) is 13.4. The minimum atomic E-state index is -0.736. The van der Waals surface area contributed by atoms with E-state index >= 15 is 0 Å². The fraction of sp³-hybridized carbons (Fsp3) is 0.333. The van der Waals surface area contributed by atoms with Crippen molar-refractivity contribution in [2.24, 2.45) is 5.73 Å². The van der Waals surface area contributed by atoms with Crippen LogP contribution in [0.2, 0.25) is 0 Å². The van der Waals surface area contributed by atoms with Crippen LogP contribution in [-0.2, 0) is 4.79 Å². The van der Waals surface area contributed by atoms with E-state index in [2.05, 4.69) is 5.32 Å². The van der Waals surface area contributed by atoms with E-state index in [0.29, 0.717) is 11.3 Å². The van der Waals surface area contributed by atoms with Gasteiger partial charge in [0.2, 0.25) is 5.91 Å². The lowest BCUT2D eigenvalue weighted by atomic mass is 10.2. The summed E-state index contributed by atoms with van der Waals surface area (Å²) >= 11 is 0. The minimum Gasteiger partial charge on any atom is -0.491 e. The van der Waals surface area contributed by atoms with Gasteiger partial charge in [-0.3, -0.25) is 4.79 Å². The molecule has 0 spiro atoms. The first-order valence-electron chi connectivity index (χ1n) is 5.42. The van der Waals surface area contributed by atoms with E-state index in [-0.39, 0.29) is 19.7 Å². The molecular weight excluding hydrogens is 234 g/mol. The first-order valence-corrected chi connectivity index (χ1v) is 5.42. The van der Waals surface area contributed by atoms with Gasteiger partial charge in [-0.1, -0.05) is 0 Å². The Morgan fingerprint density at radius 2 is 2.17 bits per heavy atom. The van der Waals surface area contributed by atoms with Crippen LogP contribution in [0.5, 0.6) is 5.75 Å². The van der Waals surface area contributed by atoms with Crippen LogP contribution in [0.4, 0.5) is 0 Å². The fourth-order valence-electron chi connectivity index (χ4n) is 1.24. The number of nitrogens with two attached hydrogens (primary N) is 1. The number of aliphatic hydroxyl groups excluding tert-OH is 1. The number of rotatable bonds is 7. The van der Waals surface area contributed by atoms with Gasteiger partial charge in [0.25, 0.3) is 0 Å². The second kappa shape index (κ2) is 7.27. The van der Waals surface area contributed by atoms with Gasteiger partial charge >= 0.3 is 0 Å². The van der Waals surface area contributed by atoms with Crippen molar-refractivity contribution in [2.75, 3.05) is 19.7 Å². The molecule has 0 aliphatic carbocycles. The molecule has 0 fully saturated rings. The summed E-state index contributed by atoms with van der Waals surface area (Å²) in [6.07, 6.45) is -0.736. The van der Waals surface area contributed by atoms with Crippen LogP contribution in [0.15, 0.2) is 24.3 Å². The number of carbonyl (C=O) groups is 1. The van der Waals surface area contributed by atoms with Crippen molar-refractivity contribution in [1.29, 1.82) is 5.26 Å². The van der Waals surface area contributed by atoms with Gasteiger partial charge < -0.3 is 20.9 Å². The molecule has 0 radical (unpaired) electrons. The molecule has 6 nitrogen and oxygen atoms in total. The third-order valence-corrected chi connectivity index (χ3v) is 2.10. The molecule has 1 unspecified atom stereocenters. The first-order chi connectivity index (χ1) is 8.61. The highest BCUT2D eigenvalue weighted by Gasteiger charge is 2.05. The number of benzene rings is 1. The van der Waals surface area contributed by atoms with Gasteiger partial charge in [0.05, 0.1) is 18.2 Å². The van der Waals surface area contributed by atoms with E-state index in [0.717, 1.165) is 0 Å². The Hall–Kier alpha value is -2.10. The van der Waals surface area contributed by atoms with Crippen LogP contribution in [0, 0.1) is 11.3 Å². The van der Waals surface area contributed by atoms with Crippen LogP contribution < -0.4 is 15.8 Å². The summed E-state index contributed by atoms with van der Waals surface area (Å²) < 4.78 is 5.31. The Morgan fingerprint density at radius 1 is 1.50 bits per heavy atom. The Kier molecular flexibility index (Phi) is 5.64. The maximum absolute atomic E-state index is 10.4. The number of nitrogens with one attached hydrogen (secondary N) is 1. The van der Waals surface area contributed by atoms with Gasteiger partial charge in [0.1, 0.15) is 18.5 Å². The molecule has 0 bridgehead atoms. The summed E-state index contributed by atoms with van der Waals surface area (Å²) in [5, 5.41) is 20.8. The SMILES string of the molecule is N#Cc1ccc(OCC(O)CNCC(N)=O)cc1. The molecule has 0 aliphatic heterocycles. The molecule has 0 saturated carbocycles. The van der Waals surface area contributed by atoms with E-state index in [1.54, 1.807) is 24.3 Å². The second-order valence-corrected chi connectivity index (χ2v) is 3.70. The lowest BCUT2D eigenvalue weighted by molar-refractivity contribution is -0.117. The Balaban J connectivity index is 2.27. The lowest BCUT2D eigenvalue weighted by Gasteiger charge is -2.12. The quantitative estimate of drug-likeness (QED) is 0.596. The maximum Gasteiger partial charge on any atom is 0.231 e. The van der Waals surface area contributed by atoms with Crippen molar-refractivity contribution in [2.45, 2.75) is 6.10 Å². The number of ether oxygens (including phenoxy) is 1. The van der Waals surface area contributed by atoms with Crippen molar-refractivity contribution < 1.29 is 14.6 Å². The molecule has 18 heavy (non-hydrogen) atoms. The molecule has 96 valence electrons. The van der Waals surface area contributed by atoms with Gasteiger partial charge in [-0.05, 0) is 24.3 Å². The first kappa shape index (κ1) is 14.0. The number of primary amides is 1. The molecule has 6 heteroatoms. The molecule has 1 aromatic carbocycles. The number of amides is 1. The van der Waals surface area contributed by atoms with E-state index in [1.807, 2.05) is 6.07 Å². The largest absolute Gasteiger partial charge is 0.491 e. The van der Waals surface area contributed by atoms with E-state index in [1.165, 1.54) is 0 Å². The minimum absolute atomic E-state index is 0.0218. The van der Waals surface area contributed by atoms with E-state index < -0.39 is 12.0 Å². The smallest absolute Gasteiger partial charge is 0.231 e. The molecule has 1 rings (SSSR count). The van der Waals surface area contributed by atoms with Crippen molar-refractivity contribution in [3.63, 3.8) is 0 Å². The van der Waals surface area contributed by atoms with Crippen molar-refractivity contribution in [3.8, 4) is 11.8 Å². The molecule has 0 aliphatic rings. The van der Waals surface area contributed by atoms with Crippen molar-refractivity contribution in [1.82, 2.24) is 5.32 Å². The molecule has 0 saturated heterocycles. The third kappa shape index (κ3) is 5.30. The van der Waals surface area contributed by atoms with Crippen LogP contribution >= 0.6 is 0 Å². The molecule has 0 heterocycles. The second-order valence-electron chi connectivity index (χ2n) is 3.70. The summed E-state index contributed by atoms with van der Waals surface area (Å²) in [4.78, 5) is 10.4. The maximum atomic E-state index is 10.4. The predicted molar refractivity (Wildman–Crippen MR) is 64.7 cm³/mol. The van der Waals surface area contributed by atoms with Gasteiger partial charge in [-0.15, -0.1) is 0 Å². The third-order valence-electron chi connectivity index (χ3n) is 2.10. The monoisotopic (exact) mass is 249 g/mol. The molecular formula is C12H15N3O3. The Labute approximate surface area is 105 Å².